The summed E-state index contributed by atoms with van der Waals surface area (Å²) in [6, 6.07) is 3.99. The predicted molar refractivity (Wildman–Crippen MR) is 56.1 cm³/mol. The first-order chi connectivity index (χ1) is 7.31. The molecule has 78 valence electrons. The van der Waals surface area contributed by atoms with E-state index in [0.29, 0.717) is 0 Å². The first-order valence-electron chi connectivity index (χ1n) is 4.74. The van der Waals surface area contributed by atoms with Gasteiger partial charge in [0.05, 0.1) is 17.9 Å². The lowest BCUT2D eigenvalue weighted by Crippen LogP contribution is -2.18. The van der Waals surface area contributed by atoms with Crippen LogP contribution in [0.5, 0.6) is 0 Å². The summed E-state index contributed by atoms with van der Waals surface area (Å²) in [6.45, 7) is 0. The Bertz CT molecular complexity index is 422. The Morgan fingerprint density at radius 2 is 2.20 bits per heavy atom. The molecule has 15 heavy (non-hydrogen) atoms. The zero-order valence-electron chi connectivity index (χ0n) is 8.75. The zero-order chi connectivity index (χ0) is 10.7. The molecule has 1 atom stereocenters. The first-order valence-corrected chi connectivity index (χ1v) is 4.74. The molecule has 2 aromatic heterocycles. The molecule has 0 fully saturated rings. The van der Waals surface area contributed by atoms with E-state index in [1.54, 1.807) is 17.1 Å². The summed E-state index contributed by atoms with van der Waals surface area (Å²) >= 11 is 0. The molecule has 0 aromatic carbocycles. The number of aryl methyl sites for hydroxylation is 1. The van der Waals surface area contributed by atoms with Crippen molar-refractivity contribution in [1.82, 2.24) is 25.3 Å². The van der Waals surface area contributed by atoms with Gasteiger partial charge in [-0.2, -0.15) is 15.3 Å². The minimum atomic E-state index is 0.0710. The fraction of sp³-hybridized carbons (Fsp3) is 0.300. The van der Waals surface area contributed by atoms with Crippen LogP contribution in [0.4, 0.5) is 0 Å². The average molecular weight is 203 g/mol. The van der Waals surface area contributed by atoms with Gasteiger partial charge >= 0.3 is 0 Å². The van der Waals surface area contributed by atoms with Gasteiger partial charge in [-0.05, 0) is 24.7 Å². The summed E-state index contributed by atoms with van der Waals surface area (Å²) in [5.74, 6) is 0. The van der Waals surface area contributed by atoms with Crippen molar-refractivity contribution in [3.63, 3.8) is 0 Å². The Kier molecular flexibility index (Phi) is 2.73. The third-order valence-corrected chi connectivity index (χ3v) is 2.26. The highest BCUT2D eigenvalue weighted by Gasteiger charge is 2.14. The van der Waals surface area contributed by atoms with E-state index in [9.17, 15) is 0 Å². The molecular formula is C10H13N5. The van der Waals surface area contributed by atoms with E-state index in [0.717, 1.165) is 11.3 Å². The van der Waals surface area contributed by atoms with Crippen molar-refractivity contribution in [3.05, 3.63) is 42.0 Å². The van der Waals surface area contributed by atoms with E-state index in [2.05, 4.69) is 20.6 Å². The molecule has 0 saturated heterocycles. The van der Waals surface area contributed by atoms with Crippen molar-refractivity contribution in [2.75, 3.05) is 7.05 Å². The van der Waals surface area contributed by atoms with E-state index in [-0.39, 0.29) is 6.04 Å². The summed E-state index contributed by atoms with van der Waals surface area (Å²) in [5, 5.41) is 15.2. The lowest BCUT2D eigenvalue weighted by Gasteiger charge is -2.12. The van der Waals surface area contributed by atoms with Crippen LogP contribution >= 0.6 is 0 Å². The van der Waals surface area contributed by atoms with E-state index in [1.807, 2.05) is 32.4 Å². The maximum Gasteiger partial charge on any atom is 0.0839 e. The molecule has 0 spiro atoms. The lowest BCUT2D eigenvalue weighted by atomic mass is 10.1. The molecule has 2 aromatic rings. The van der Waals surface area contributed by atoms with Crippen molar-refractivity contribution in [2.45, 2.75) is 6.04 Å². The summed E-state index contributed by atoms with van der Waals surface area (Å²) in [6.07, 6.45) is 5.35. The van der Waals surface area contributed by atoms with Gasteiger partial charge in [-0.3, -0.25) is 4.68 Å². The third-order valence-electron chi connectivity index (χ3n) is 2.26. The number of nitrogens with zero attached hydrogens (tertiary/aromatic N) is 4. The lowest BCUT2D eigenvalue weighted by molar-refractivity contribution is 0.638. The van der Waals surface area contributed by atoms with Gasteiger partial charge in [0.25, 0.3) is 0 Å². The summed E-state index contributed by atoms with van der Waals surface area (Å²) < 4.78 is 1.79. The van der Waals surface area contributed by atoms with E-state index in [1.165, 1.54) is 0 Å². The average Bonchev–Trinajstić information content (AvgIpc) is 2.68. The summed E-state index contributed by atoms with van der Waals surface area (Å²) in [7, 11) is 3.81. The van der Waals surface area contributed by atoms with Crippen molar-refractivity contribution in [3.8, 4) is 0 Å². The van der Waals surface area contributed by atoms with E-state index < -0.39 is 0 Å². The normalized spacial score (nSPS) is 12.7. The number of nitrogens with one attached hydrogen (secondary N) is 1. The molecule has 0 aliphatic heterocycles. The number of hydrogen-bond acceptors (Lipinski definition) is 4. The molecule has 2 rings (SSSR count). The van der Waals surface area contributed by atoms with Crippen LogP contribution in [0.25, 0.3) is 0 Å². The second kappa shape index (κ2) is 4.18. The quantitative estimate of drug-likeness (QED) is 0.790. The van der Waals surface area contributed by atoms with Crippen LogP contribution in [0.1, 0.15) is 17.3 Å². The maximum atomic E-state index is 4.36. The highest BCUT2D eigenvalue weighted by molar-refractivity contribution is 5.22. The molecule has 0 saturated carbocycles. The fourth-order valence-corrected chi connectivity index (χ4v) is 1.54. The Morgan fingerprint density at radius 3 is 2.73 bits per heavy atom. The smallest absolute Gasteiger partial charge is 0.0839 e. The van der Waals surface area contributed by atoms with Crippen molar-refractivity contribution in [2.24, 2.45) is 7.05 Å². The van der Waals surface area contributed by atoms with Crippen LogP contribution in [0.3, 0.4) is 0 Å². The van der Waals surface area contributed by atoms with Crippen LogP contribution in [-0.2, 0) is 7.05 Å². The topological polar surface area (TPSA) is 55.6 Å². The standard InChI is InChI=1S/C10H13N5/c1-11-10(8-3-5-12-13-7-8)9-4-6-15(2)14-9/h3-7,10-11H,1-2H3. The van der Waals surface area contributed by atoms with E-state index >= 15 is 0 Å². The van der Waals surface area contributed by atoms with Crippen molar-refractivity contribution < 1.29 is 0 Å². The molecule has 0 aliphatic carbocycles. The largest absolute Gasteiger partial charge is 0.308 e. The molecule has 5 nitrogen and oxygen atoms in total. The minimum absolute atomic E-state index is 0.0710. The second-order valence-corrected chi connectivity index (χ2v) is 3.31. The molecule has 0 radical (unpaired) electrons. The predicted octanol–water partition coefficient (Wildman–Crippen LogP) is 0.519. The molecular weight excluding hydrogens is 190 g/mol. The molecule has 2 heterocycles. The highest BCUT2D eigenvalue weighted by Crippen LogP contribution is 2.17. The first kappa shape index (κ1) is 9.79. The van der Waals surface area contributed by atoms with E-state index in [4.69, 9.17) is 0 Å². The van der Waals surface area contributed by atoms with Gasteiger partial charge in [-0.25, -0.2) is 0 Å². The second-order valence-electron chi connectivity index (χ2n) is 3.31. The molecule has 1 N–H and O–H groups in total. The van der Waals surface area contributed by atoms with Gasteiger partial charge in [-0.1, -0.05) is 0 Å². The van der Waals surface area contributed by atoms with Gasteiger partial charge < -0.3 is 5.32 Å². The highest BCUT2D eigenvalue weighted by atomic mass is 15.3. The van der Waals surface area contributed by atoms with Crippen molar-refractivity contribution >= 4 is 0 Å². The van der Waals surface area contributed by atoms with Crippen LogP contribution in [0, 0.1) is 0 Å². The summed E-state index contributed by atoms with van der Waals surface area (Å²) in [4.78, 5) is 0. The van der Waals surface area contributed by atoms with Gasteiger partial charge in [-0.15, -0.1) is 0 Å². The third kappa shape index (κ3) is 2.02. The molecule has 0 amide bonds. The van der Waals surface area contributed by atoms with Gasteiger partial charge in [0.1, 0.15) is 0 Å². The van der Waals surface area contributed by atoms with Gasteiger partial charge in [0, 0.05) is 19.4 Å². The monoisotopic (exact) mass is 203 g/mol. The fourth-order valence-electron chi connectivity index (χ4n) is 1.54. The number of aromatic nitrogens is 4. The Hall–Kier alpha value is -1.75. The van der Waals surface area contributed by atoms with Crippen LogP contribution in [0.2, 0.25) is 0 Å². The Labute approximate surface area is 88.1 Å². The minimum Gasteiger partial charge on any atom is -0.308 e. The zero-order valence-corrected chi connectivity index (χ0v) is 8.75. The molecule has 0 aliphatic rings. The Balaban J connectivity index is 2.33. The SMILES string of the molecule is CNC(c1ccnnc1)c1ccn(C)n1. The molecule has 0 bridgehead atoms. The van der Waals surface area contributed by atoms with Crippen LogP contribution < -0.4 is 5.32 Å². The number of hydrogen-bond donors (Lipinski definition) is 1. The molecule has 1 unspecified atom stereocenters. The van der Waals surface area contributed by atoms with Gasteiger partial charge in [0.15, 0.2) is 0 Å². The Morgan fingerprint density at radius 1 is 1.33 bits per heavy atom. The van der Waals surface area contributed by atoms with Crippen LogP contribution in [0.15, 0.2) is 30.7 Å². The summed E-state index contributed by atoms with van der Waals surface area (Å²) in [5.41, 5.74) is 2.04. The molecule has 5 heteroatoms. The maximum absolute atomic E-state index is 4.36. The van der Waals surface area contributed by atoms with Gasteiger partial charge in [0.2, 0.25) is 0 Å². The number of rotatable bonds is 3. The van der Waals surface area contributed by atoms with Crippen molar-refractivity contribution in [1.29, 1.82) is 0 Å². The van der Waals surface area contributed by atoms with Crippen LogP contribution in [-0.4, -0.2) is 27.0 Å².